The lowest BCUT2D eigenvalue weighted by Gasteiger charge is -2.12. The molecular weight excluding hydrogens is 384 g/mol. The van der Waals surface area contributed by atoms with E-state index in [1.165, 1.54) is 14.2 Å². The van der Waals surface area contributed by atoms with E-state index in [-0.39, 0.29) is 11.1 Å². The number of carbonyl (C=O) groups excluding carboxylic acids is 2. The zero-order valence-electron chi connectivity index (χ0n) is 16.8. The first-order valence-corrected chi connectivity index (χ1v) is 9.30. The number of Topliss-reactive ketones (excluding diaryl/α,β-unsaturated/α-hetero) is 1. The van der Waals surface area contributed by atoms with E-state index in [2.05, 4.69) is 0 Å². The highest BCUT2D eigenvalue weighted by molar-refractivity contribution is 6.02. The number of ketones is 1. The lowest BCUT2D eigenvalue weighted by Crippen LogP contribution is -2.16. The molecule has 0 atom stereocenters. The quantitative estimate of drug-likeness (QED) is 0.389. The van der Waals surface area contributed by atoms with Gasteiger partial charge in [-0.15, -0.1) is 0 Å². The van der Waals surface area contributed by atoms with Crippen LogP contribution in [-0.4, -0.2) is 32.6 Å². The number of benzene rings is 3. The second kappa shape index (κ2) is 10.1. The average molecular weight is 406 g/mol. The van der Waals surface area contributed by atoms with E-state index in [0.29, 0.717) is 23.9 Å². The summed E-state index contributed by atoms with van der Waals surface area (Å²) in [6, 6.07) is 21.2. The van der Waals surface area contributed by atoms with E-state index < -0.39 is 18.4 Å². The van der Waals surface area contributed by atoms with Crippen LogP contribution < -0.4 is 14.2 Å². The van der Waals surface area contributed by atoms with E-state index in [4.69, 9.17) is 18.9 Å². The molecule has 0 heterocycles. The number of carbonyl (C=O) groups is 2. The smallest absolute Gasteiger partial charge is 0.342 e. The molecule has 0 aromatic heterocycles. The molecule has 0 bridgehead atoms. The molecule has 0 unspecified atom stereocenters. The van der Waals surface area contributed by atoms with Gasteiger partial charge in [-0.25, -0.2) is 4.79 Å². The molecule has 0 amide bonds. The van der Waals surface area contributed by atoms with Crippen molar-refractivity contribution < 1.29 is 28.5 Å². The summed E-state index contributed by atoms with van der Waals surface area (Å²) in [7, 11) is 2.97. The van der Waals surface area contributed by atoms with Crippen LogP contribution in [0.5, 0.6) is 17.2 Å². The Hall–Kier alpha value is -3.80. The lowest BCUT2D eigenvalue weighted by atomic mass is 10.1. The monoisotopic (exact) mass is 406 g/mol. The molecule has 0 aliphatic heterocycles. The largest absolute Gasteiger partial charge is 0.497 e. The molecule has 30 heavy (non-hydrogen) atoms. The Labute approximate surface area is 175 Å². The van der Waals surface area contributed by atoms with E-state index in [1.807, 2.05) is 30.3 Å². The van der Waals surface area contributed by atoms with Gasteiger partial charge in [0.25, 0.3) is 0 Å². The molecule has 3 aromatic carbocycles. The van der Waals surface area contributed by atoms with E-state index in [9.17, 15) is 9.59 Å². The highest BCUT2D eigenvalue weighted by Crippen LogP contribution is 2.25. The number of esters is 1. The molecule has 0 N–H and O–H groups in total. The summed E-state index contributed by atoms with van der Waals surface area (Å²) >= 11 is 0. The summed E-state index contributed by atoms with van der Waals surface area (Å²) in [4.78, 5) is 25.2. The molecule has 154 valence electrons. The minimum absolute atomic E-state index is 0.249. The predicted molar refractivity (Wildman–Crippen MR) is 111 cm³/mol. The van der Waals surface area contributed by atoms with Gasteiger partial charge in [0.1, 0.15) is 29.4 Å². The van der Waals surface area contributed by atoms with Crippen molar-refractivity contribution in [1.29, 1.82) is 0 Å². The summed E-state index contributed by atoms with van der Waals surface area (Å²) in [6.07, 6.45) is 0. The van der Waals surface area contributed by atoms with Gasteiger partial charge >= 0.3 is 5.97 Å². The molecule has 0 spiro atoms. The van der Waals surface area contributed by atoms with Gasteiger partial charge in [-0.1, -0.05) is 42.5 Å². The number of methoxy groups -OCH3 is 2. The van der Waals surface area contributed by atoms with Crippen molar-refractivity contribution in [2.24, 2.45) is 0 Å². The van der Waals surface area contributed by atoms with Crippen molar-refractivity contribution >= 4 is 11.8 Å². The summed E-state index contributed by atoms with van der Waals surface area (Å²) < 4.78 is 21.4. The number of rotatable bonds is 9. The van der Waals surface area contributed by atoms with Crippen LogP contribution in [0.1, 0.15) is 26.3 Å². The molecule has 6 nitrogen and oxygen atoms in total. The summed E-state index contributed by atoms with van der Waals surface area (Å²) in [6.45, 7) is -0.125. The van der Waals surface area contributed by atoms with Crippen LogP contribution in [0.4, 0.5) is 0 Å². The Bertz CT molecular complexity index is 1010. The normalized spacial score (nSPS) is 10.2. The maximum atomic E-state index is 12.6. The molecule has 0 saturated carbocycles. The summed E-state index contributed by atoms with van der Waals surface area (Å²) in [5.74, 6) is 0.224. The first-order chi connectivity index (χ1) is 14.6. The standard InChI is InChI=1S/C24H22O6/c1-27-18-12-13-22(28-2)20(14-18)21(25)16-30-24(26)19-10-6-7-11-23(19)29-15-17-8-4-3-5-9-17/h3-14H,15-16H2,1-2H3. The van der Waals surface area contributed by atoms with Crippen molar-refractivity contribution in [3.8, 4) is 17.2 Å². The van der Waals surface area contributed by atoms with Crippen LogP contribution >= 0.6 is 0 Å². The average Bonchev–Trinajstić information content (AvgIpc) is 2.81. The Kier molecular flexibility index (Phi) is 7.05. The fourth-order valence-corrected chi connectivity index (χ4v) is 2.82. The second-order valence-corrected chi connectivity index (χ2v) is 6.34. The molecule has 6 heteroatoms. The minimum Gasteiger partial charge on any atom is -0.497 e. The first kappa shape index (κ1) is 20.9. The lowest BCUT2D eigenvalue weighted by molar-refractivity contribution is 0.0469. The Morgan fingerprint density at radius 1 is 0.767 bits per heavy atom. The predicted octanol–water partition coefficient (Wildman–Crippen LogP) is 4.32. The molecule has 3 rings (SSSR count). The van der Waals surface area contributed by atoms with Gasteiger partial charge in [-0.3, -0.25) is 4.79 Å². The van der Waals surface area contributed by atoms with E-state index in [0.717, 1.165) is 5.56 Å². The van der Waals surface area contributed by atoms with E-state index >= 15 is 0 Å². The molecular formula is C24H22O6. The van der Waals surface area contributed by atoms with Crippen molar-refractivity contribution in [1.82, 2.24) is 0 Å². The van der Waals surface area contributed by atoms with Crippen molar-refractivity contribution in [2.75, 3.05) is 20.8 Å². The third-order valence-electron chi connectivity index (χ3n) is 4.39. The van der Waals surface area contributed by atoms with Gasteiger partial charge < -0.3 is 18.9 Å². The van der Waals surface area contributed by atoms with Gasteiger partial charge in [0.2, 0.25) is 5.78 Å². The van der Waals surface area contributed by atoms with E-state index in [1.54, 1.807) is 42.5 Å². The maximum absolute atomic E-state index is 12.6. The second-order valence-electron chi connectivity index (χ2n) is 6.34. The molecule has 0 fully saturated rings. The van der Waals surface area contributed by atoms with Crippen LogP contribution in [0.15, 0.2) is 72.8 Å². The SMILES string of the molecule is COc1ccc(OC)c(C(=O)COC(=O)c2ccccc2OCc2ccccc2)c1. The fraction of sp³-hybridized carbons (Fsp3) is 0.167. The Morgan fingerprint density at radius 3 is 2.23 bits per heavy atom. The molecule has 3 aromatic rings. The zero-order chi connectivity index (χ0) is 21.3. The van der Waals surface area contributed by atoms with Gasteiger partial charge in [0.05, 0.1) is 19.8 Å². The van der Waals surface area contributed by atoms with Crippen LogP contribution in [0.3, 0.4) is 0 Å². The number of para-hydroxylation sites is 1. The molecule has 0 aliphatic carbocycles. The highest BCUT2D eigenvalue weighted by Gasteiger charge is 2.19. The summed E-state index contributed by atoms with van der Waals surface area (Å²) in [5.41, 5.74) is 1.50. The number of ether oxygens (including phenoxy) is 4. The van der Waals surface area contributed by atoms with Crippen molar-refractivity contribution in [3.05, 3.63) is 89.5 Å². The van der Waals surface area contributed by atoms with Gasteiger partial charge in [-0.05, 0) is 35.9 Å². The Morgan fingerprint density at radius 2 is 1.50 bits per heavy atom. The zero-order valence-corrected chi connectivity index (χ0v) is 16.8. The third kappa shape index (κ3) is 5.17. The highest BCUT2D eigenvalue weighted by atomic mass is 16.5. The molecule has 0 radical (unpaired) electrons. The fourth-order valence-electron chi connectivity index (χ4n) is 2.82. The van der Waals surface area contributed by atoms with Crippen molar-refractivity contribution in [3.63, 3.8) is 0 Å². The van der Waals surface area contributed by atoms with Gasteiger partial charge in [0, 0.05) is 0 Å². The summed E-state index contributed by atoms with van der Waals surface area (Å²) in [5, 5.41) is 0. The molecule has 0 aliphatic rings. The third-order valence-corrected chi connectivity index (χ3v) is 4.39. The van der Waals surface area contributed by atoms with Crippen LogP contribution in [0.25, 0.3) is 0 Å². The molecule has 0 saturated heterocycles. The minimum atomic E-state index is -0.645. The maximum Gasteiger partial charge on any atom is 0.342 e. The number of hydrogen-bond acceptors (Lipinski definition) is 6. The van der Waals surface area contributed by atoms with Crippen LogP contribution in [0.2, 0.25) is 0 Å². The van der Waals surface area contributed by atoms with Gasteiger partial charge in [0.15, 0.2) is 6.61 Å². The van der Waals surface area contributed by atoms with Crippen molar-refractivity contribution in [2.45, 2.75) is 6.61 Å². The van der Waals surface area contributed by atoms with Gasteiger partial charge in [-0.2, -0.15) is 0 Å². The van der Waals surface area contributed by atoms with Crippen LogP contribution in [-0.2, 0) is 11.3 Å². The van der Waals surface area contributed by atoms with Crippen LogP contribution in [0, 0.1) is 0 Å². The number of hydrogen-bond donors (Lipinski definition) is 0. The first-order valence-electron chi connectivity index (χ1n) is 9.30. The topological polar surface area (TPSA) is 71.1 Å². The Balaban J connectivity index is 1.67.